The summed E-state index contributed by atoms with van der Waals surface area (Å²) >= 11 is 0. The second-order valence-corrected chi connectivity index (χ2v) is 24.9. The van der Waals surface area contributed by atoms with E-state index >= 15 is 0 Å². The highest BCUT2D eigenvalue weighted by atomic mass is 28.4. The molecule has 10 nitrogen and oxygen atoms in total. The molecule has 50 heavy (non-hydrogen) atoms. The maximum absolute atomic E-state index is 11.9. The first kappa shape index (κ1) is 40.9. The first-order chi connectivity index (χ1) is 23.2. The van der Waals surface area contributed by atoms with E-state index in [1.54, 1.807) is 37.4 Å². The Morgan fingerprint density at radius 1 is 0.700 bits per heavy atom. The molecule has 3 rings (SSSR count). The molecule has 3 aromatic rings. The van der Waals surface area contributed by atoms with E-state index in [0.29, 0.717) is 57.1 Å². The Kier molecular flexibility index (Phi) is 12.9. The molecule has 0 aromatic heterocycles. The number of ether oxygens (including phenoxy) is 4. The van der Waals surface area contributed by atoms with Gasteiger partial charge in [-0.1, -0.05) is 41.5 Å². The Morgan fingerprint density at radius 2 is 1.20 bits per heavy atom. The summed E-state index contributed by atoms with van der Waals surface area (Å²) in [7, 11) is -0.423. The van der Waals surface area contributed by atoms with Gasteiger partial charge in [-0.2, -0.15) is 0 Å². The monoisotopic (exact) mass is 728 g/mol. The van der Waals surface area contributed by atoms with Crippen molar-refractivity contribution in [2.45, 2.75) is 96.6 Å². The summed E-state index contributed by atoms with van der Waals surface area (Å²) < 4.78 is 37.4. The van der Waals surface area contributed by atoms with Crippen molar-refractivity contribution in [3.05, 3.63) is 59.2 Å². The summed E-state index contributed by atoms with van der Waals surface area (Å²) in [5.74, 6) is 2.27. The predicted octanol–water partition coefficient (Wildman–Crippen LogP) is 7.93. The number of aliphatic hydroxyl groups is 3. The molecule has 0 spiro atoms. The predicted molar refractivity (Wildman–Crippen MR) is 201 cm³/mol. The topological polar surface area (TPSA) is 133 Å². The average Bonchev–Trinajstić information content (AvgIpc) is 3.05. The minimum atomic E-state index is -2.50. The first-order valence-electron chi connectivity index (χ1n) is 16.7. The van der Waals surface area contributed by atoms with Crippen LogP contribution in [0, 0.1) is 0 Å². The van der Waals surface area contributed by atoms with Gasteiger partial charge >= 0.3 is 0 Å². The lowest BCUT2D eigenvalue weighted by atomic mass is 9.95. The number of benzene rings is 3. The molecule has 2 unspecified atom stereocenters. The summed E-state index contributed by atoms with van der Waals surface area (Å²) in [6, 6.07) is 11.7. The zero-order valence-corrected chi connectivity index (χ0v) is 33.9. The Morgan fingerprint density at radius 3 is 1.64 bits per heavy atom. The van der Waals surface area contributed by atoms with Crippen LogP contribution in [-0.4, -0.2) is 72.3 Å². The van der Waals surface area contributed by atoms with E-state index in [1.165, 1.54) is 20.3 Å². The highest BCUT2D eigenvalue weighted by Gasteiger charge is 2.43. The lowest BCUT2D eigenvalue weighted by molar-refractivity contribution is -0.000495. The molecule has 0 fully saturated rings. The molecule has 0 amide bonds. The van der Waals surface area contributed by atoms with Gasteiger partial charge in [0.2, 0.25) is 0 Å². The first-order valence-corrected chi connectivity index (χ1v) is 22.5. The zero-order chi connectivity index (χ0) is 37.8. The summed E-state index contributed by atoms with van der Waals surface area (Å²) in [4.78, 5) is 11.3. The third-order valence-electron chi connectivity index (χ3n) is 9.91. The van der Waals surface area contributed by atoms with Gasteiger partial charge in [0.15, 0.2) is 40.6 Å². The number of hydrogen-bond donors (Lipinski definition) is 3. The van der Waals surface area contributed by atoms with Gasteiger partial charge in [-0.3, -0.25) is 4.79 Å². The molecule has 2 atom stereocenters. The van der Waals surface area contributed by atoms with Crippen LogP contribution in [0.15, 0.2) is 42.5 Å². The van der Waals surface area contributed by atoms with Gasteiger partial charge < -0.3 is 43.1 Å². The van der Waals surface area contributed by atoms with E-state index in [9.17, 15) is 20.1 Å². The van der Waals surface area contributed by atoms with Crippen molar-refractivity contribution in [1.82, 2.24) is 0 Å². The third-order valence-corrected chi connectivity index (χ3v) is 18.6. The van der Waals surface area contributed by atoms with Crippen LogP contribution >= 0.6 is 0 Å². The molecule has 3 N–H and O–H groups in total. The number of aliphatic hydroxyl groups excluding tert-OH is 3. The Hall–Kier alpha value is -3.56. The molecule has 276 valence electrons. The normalized spacial score (nSPS) is 13.7. The molecule has 12 heteroatoms. The molecule has 3 aromatic carbocycles. The Balaban J connectivity index is 2.39. The van der Waals surface area contributed by atoms with Crippen LogP contribution in [-0.2, 0) is 6.61 Å². The lowest BCUT2D eigenvalue weighted by Gasteiger charge is -2.39. The largest absolute Gasteiger partial charge is 0.541 e. The fourth-order valence-electron chi connectivity index (χ4n) is 4.71. The molecule has 0 heterocycles. The highest BCUT2D eigenvalue weighted by Crippen LogP contribution is 2.52. The number of hydrogen-bond acceptors (Lipinski definition) is 10. The van der Waals surface area contributed by atoms with Crippen molar-refractivity contribution in [2.75, 3.05) is 27.9 Å². The van der Waals surface area contributed by atoms with E-state index < -0.39 is 35.4 Å². The Bertz CT molecular complexity index is 1640. The molecule has 0 bridgehead atoms. The number of aldehydes is 1. The third kappa shape index (κ3) is 8.83. The van der Waals surface area contributed by atoms with Crippen LogP contribution in [0.5, 0.6) is 34.5 Å². The van der Waals surface area contributed by atoms with Gasteiger partial charge in [-0.15, -0.1) is 0 Å². The van der Waals surface area contributed by atoms with Crippen LogP contribution in [0.1, 0.15) is 69.1 Å². The van der Waals surface area contributed by atoms with Crippen LogP contribution in [0.2, 0.25) is 36.3 Å². The van der Waals surface area contributed by atoms with E-state index in [1.807, 2.05) is 6.07 Å². The molecule has 0 aliphatic heterocycles. The van der Waals surface area contributed by atoms with E-state index in [4.69, 9.17) is 27.8 Å². The second-order valence-electron chi connectivity index (χ2n) is 15.5. The van der Waals surface area contributed by atoms with E-state index in [2.05, 4.69) is 67.7 Å². The van der Waals surface area contributed by atoms with Gasteiger partial charge in [-0.05, 0) is 89.9 Å². The lowest BCUT2D eigenvalue weighted by Crippen LogP contribution is -2.44. The van der Waals surface area contributed by atoms with E-state index in [0.717, 1.165) is 0 Å². The van der Waals surface area contributed by atoms with Crippen LogP contribution in [0.4, 0.5) is 0 Å². The summed E-state index contributed by atoms with van der Waals surface area (Å²) in [5.41, 5.74) is 2.49. The minimum Gasteiger partial charge on any atom is -0.541 e. The zero-order valence-electron chi connectivity index (χ0n) is 31.9. The van der Waals surface area contributed by atoms with E-state index in [-0.39, 0.29) is 28.2 Å². The van der Waals surface area contributed by atoms with Gasteiger partial charge in [0, 0.05) is 16.7 Å². The minimum absolute atomic E-state index is 0.155. The SMILES string of the molecule is COc1cc(C=O)ccc1OC(CO)C(O)c1cc(OC)c(O[Si](C)(C)C(C)(C)C)c(-c2cc(CO)cc(OC)c2O[Si](C)(C)C(C)(C)C)c1. The standard InChI is InChI=1S/C38H56O10Si2/c1-37(2,3)49(10,11)47-35-27(16-25(22-40)18-31(35)44-8)28-19-26(20-32(45-9)36(28)48-50(12,13)38(4,5)6)34(42)33(23-41)46-29-15-14-24(21-39)17-30(29)43-7/h14-21,33-34,40-42H,22-23H2,1-13H3. The number of methoxy groups -OCH3 is 3. The summed E-state index contributed by atoms with van der Waals surface area (Å²) in [5, 5.41) is 32.4. The number of carbonyl (C=O) groups excluding carboxylic acids is 1. The van der Waals surface area contributed by atoms with Crippen molar-refractivity contribution < 1.29 is 47.9 Å². The smallest absolute Gasteiger partial charge is 0.250 e. The van der Waals surface area contributed by atoms with Gasteiger partial charge in [-0.25, -0.2) is 0 Å². The summed E-state index contributed by atoms with van der Waals surface area (Å²) in [6.45, 7) is 20.6. The fraction of sp³-hybridized carbons (Fsp3) is 0.500. The van der Waals surface area contributed by atoms with Crippen molar-refractivity contribution in [2.24, 2.45) is 0 Å². The van der Waals surface area contributed by atoms with Crippen molar-refractivity contribution in [3.8, 4) is 45.6 Å². The molecule has 0 aliphatic carbocycles. The van der Waals surface area contributed by atoms with Crippen molar-refractivity contribution in [1.29, 1.82) is 0 Å². The number of carbonyl (C=O) groups is 1. The van der Waals surface area contributed by atoms with Gasteiger partial charge in [0.1, 0.15) is 12.4 Å². The molecular formula is C38H56O10Si2. The van der Waals surface area contributed by atoms with Gasteiger partial charge in [0.25, 0.3) is 16.6 Å². The number of rotatable bonds is 15. The average molecular weight is 729 g/mol. The molecule has 0 aliphatic rings. The van der Waals surface area contributed by atoms with Crippen molar-refractivity contribution in [3.63, 3.8) is 0 Å². The second kappa shape index (κ2) is 15.8. The van der Waals surface area contributed by atoms with Crippen molar-refractivity contribution >= 4 is 22.9 Å². The maximum Gasteiger partial charge on any atom is 0.250 e. The summed E-state index contributed by atoms with van der Waals surface area (Å²) in [6.07, 6.45) is -1.81. The molecule has 0 saturated heterocycles. The van der Waals surface area contributed by atoms with Crippen LogP contribution < -0.4 is 27.8 Å². The maximum atomic E-state index is 11.9. The molecule has 0 saturated carbocycles. The quantitative estimate of drug-likeness (QED) is 0.105. The van der Waals surface area contributed by atoms with Crippen LogP contribution in [0.3, 0.4) is 0 Å². The van der Waals surface area contributed by atoms with Gasteiger partial charge in [0.05, 0.1) is 34.5 Å². The Labute approximate surface area is 299 Å². The fourth-order valence-corrected chi connectivity index (χ4v) is 6.76. The highest BCUT2D eigenvalue weighted by molar-refractivity contribution is 6.75. The van der Waals surface area contributed by atoms with Crippen LogP contribution in [0.25, 0.3) is 11.1 Å². The molecule has 0 radical (unpaired) electrons. The molecular weight excluding hydrogens is 673 g/mol.